The molecule has 0 saturated heterocycles. The first-order chi connectivity index (χ1) is 14.6. The Bertz CT molecular complexity index is 1180. The lowest BCUT2D eigenvalue weighted by Gasteiger charge is -2.16. The summed E-state index contributed by atoms with van der Waals surface area (Å²) in [6.45, 7) is 1.97. The Balaban J connectivity index is 1.65. The summed E-state index contributed by atoms with van der Waals surface area (Å²) >= 11 is 0. The standard InChI is InChI=1S/C25H22N2O3/c1-2-19(16-8-4-3-5-9-16)25(29)27-18-12-13-20(21(15-18)24(26)28)23-14-17-10-6-7-11-22(17)30-23/h3-15,19H,2H2,1H3,(H2,26,28)(H,27,29). The quantitative estimate of drug-likeness (QED) is 0.460. The van der Waals surface area contributed by atoms with Gasteiger partial charge in [-0.15, -0.1) is 0 Å². The van der Waals surface area contributed by atoms with Crippen molar-refractivity contribution in [2.45, 2.75) is 19.3 Å². The lowest BCUT2D eigenvalue weighted by molar-refractivity contribution is -0.117. The van der Waals surface area contributed by atoms with Crippen LogP contribution in [0.1, 0.15) is 35.2 Å². The van der Waals surface area contributed by atoms with Crippen molar-refractivity contribution >= 4 is 28.5 Å². The Morgan fingerprint density at radius 2 is 1.70 bits per heavy atom. The fourth-order valence-corrected chi connectivity index (χ4v) is 3.64. The van der Waals surface area contributed by atoms with Crippen LogP contribution in [0.3, 0.4) is 0 Å². The zero-order valence-corrected chi connectivity index (χ0v) is 16.6. The largest absolute Gasteiger partial charge is 0.456 e. The number of carbonyl (C=O) groups excluding carboxylic acids is 2. The molecule has 5 nitrogen and oxygen atoms in total. The molecule has 0 aliphatic rings. The van der Waals surface area contributed by atoms with Gasteiger partial charge < -0.3 is 15.5 Å². The van der Waals surface area contributed by atoms with E-state index in [-0.39, 0.29) is 11.8 Å². The van der Waals surface area contributed by atoms with Gasteiger partial charge in [0.15, 0.2) is 0 Å². The van der Waals surface area contributed by atoms with Crippen LogP contribution in [-0.4, -0.2) is 11.8 Å². The first-order valence-corrected chi connectivity index (χ1v) is 9.85. The van der Waals surface area contributed by atoms with Gasteiger partial charge in [0.25, 0.3) is 0 Å². The maximum Gasteiger partial charge on any atom is 0.249 e. The van der Waals surface area contributed by atoms with Gasteiger partial charge in [-0.3, -0.25) is 9.59 Å². The van der Waals surface area contributed by atoms with E-state index in [2.05, 4.69) is 5.32 Å². The van der Waals surface area contributed by atoms with E-state index in [4.69, 9.17) is 10.2 Å². The molecular weight excluding hydrogens is 376 g/mol. The molecule has 1 unspecified atom stereocenters. The van der Waals surface area contributed by atoms with E-state index in [1.54, 1.807) is 18.2 Å². The Morgan fingerprint density at radius 3 is 2.40 bits per heavy atom. The highest BCUT2D eigenvalue weighted by molar-refractivity contribution is 6.03. The molecule has 30 heavy (non-hydrogen) atoms. The number of primary amides is 1. The van der Waals surface area contributed by atoms with Crippen molar-refractivity contribution in [2.24, 2.45) is 5.73 Å². The molecule has 3 aromatic carbocycles. The second-order valence-electron chi connectivity index (χ2n) is 7.13. The van der Waals surface area contributed by atoms with Gasteiger partial charge in [0.2, 0.25) is 11.8 Å². The van der Waals surface area contributed by atoms with Crippen LogP contribution < -0.4 is 11.1 Å². The Kier molecular flexibility index (Phi) is 5.35. The van der Waals surface area contributed by atoms with Crippen molar-refractivity contribution in [3.63, 3.8) is 0 Å². The number of rotatable bonds is 6. The van der Waals surface area contributed by atoms with Crippen LogP contribution in [0, 0.1) is 0 Å². The second-order valence-corrected chi connectivity index (χ2v) is 7.13. The number of furan rings is 1. The minimum Gasteiger partial charge on any atom is -0.456 e. The number of para-hydroxylation sites is 1. The van der Waals surface area contributed by atoms with Gasteiger partial charge in [0, 0.05) is 16.6 Å². The van der Waals surface area contributed by atoms with Crippen LogP contribution >= 0.6 is 0 Å². The number of carbonyl (C=O) groups is 2. The number of benzene rings is 3. The molecule has 4 aromatic rings. The summed E-state index contributed by atoms with van der Waals surface area (Å²) in [5, 5.41) is 3.85. The predicted octanol–water partition coefficient (Wildman–Crippen LogP) is 5.33. The maximum atomic E-state index is 12.9. The highest BCUT2D eigenvalue weighted by atomic mass is 16.3. The lowest BCUT2D eigenvalue weighted by Crippen LogP contribution is -2.21. The zero-order valence-electron chi connectivity index (χ0n) is 16.6. The summed E-state index contributed by atoms with van der Waals surface area (Å²) in [6, 6.07) is 24.2. The van der Waals surface area contributed by atoms with Crippen LogP contribution in [0.25, 0.3) is 22.3 Å². The van der Waals surface area contributed by atoms with Crippen LogP contribution in [0.15, 0.2) is 83.3 Å². The number of hydrogen-bond acceptors (Lipinski definition) is 3. The van der Waals surface area contributed by atoms with Crippen molar-refractivity contribution in [3.8, 4) is 11.3 Å². The summed E-state index contributed by atoms with van der Waals surface area (Å²) < 4.78 is 5.88. The summed E-state index contributed by atoms with van der Waals surface area (Å²) in [4.78, 5) is 25.0. The molecule has 0 radical (unpaired) electrons. The van der Waals surface area contributed by atoms with Gasteiger partial charge in [-0.25, -0.2) is 0 Å². The smallest absolute Gasteiger partial charge is 0.249 e. The molecule has 0 aliphatic carbocycles. The average molecular weight is 398 g/mol. The summed E-state index contributed by atoms with van der Waals surface area (Å²) in [6.07, 6.45) is 0.662. The minimum atomic E-state index is -0.586. The highest BCUT2D eigenvalue weighted by Crippen LogP contribution is 2.32. The van der Waals surface area contributed by atoms with Gasteiger partial charge >= 0.3 is 0 Å². The second kappa shape index (κ2) is 8.25. The Labute approximate surface area is 174 Å². The molecule has 0 saturated carbocycles. The summed E-state index contributed by atoms with van der Waals surface area (Å²) in [5.41, 5.74) is 8.71. The van der Waals surface area contributed by atoms with Crippen molar-refractivity contribution in [3.05, 3.63) is 90.0 Å². The zero-order chi connectivity index (χ0) is 21.1. The number of anilines is 1. The van der Waals surface area contributed by atoms with E-state index < -0.39 is 5.91 Å². The molecular formula is C25H22N2O3. The molecule has 0 fully saturated rings. The molecule has 1 heterocycles. The summed E-state index contributed by atoms with van der Waals surface area (Å²) in [5.74, 6) is -0.441. The molecule has 0 bridgehead atoms. The Morgan fingerprint density at radius 1 is 0.967 bits per heavy atom. The third-order valence-electron chi connectivity index (χ3n) is 5.17. The first-order valence-electron chi connectivity index (χ1n) is 9.85. The normalized spacial score (nSPS) is 11.9. The van der Waals surface area contributed by atoms with Gasteiger partial charge in [0.1, 0.15) is 11.3 Å². The van der Waals surface area contributed by atoms with E-state index in [1.165, 1.54) is 0 Å². The van der Waals surface area contributed by atoms with Crippen molar-refractivity contribution < 1.29 is 14.0 Å². The lowest BCUT2D eigenvalue weighted by atomic mass is 9.95. The van der Waals surface area contributed by atoms with E-state index >= 15 is 0 Å². The molecule has 0 aliphatic heterocycles. The van der Waals surface area contributed by atoms with Crippen molar-refractivity contribution in [2.75, 3.05) is 5.32 Å². The summed E-state index contributed by atoms with van der Waals surface area (Å²) in [7, 11) is 0. The van der Waals surface area contributed by atoms with Crippen LogP contribution in [0.2, 0.25) is 0 Å². The first kappa shape index (κ1) is 19.5. The average Bonchev–Trinajstić information content (AvgIpc) is 3.19. The molecule has 0 spiro atoms. The highest BCUT2D eigenvalue weighted by Gasteiger charge is 2.20. The molecule has 1 atom stereocenters. The monoisotopic (exact) mass is 398 g/mol. The van der Waals surface area contributed by atoms with Gasteiger partial charge in [-0.1, -0.05) is 55.5 Å². The SMILES string of the molecule is CCC(C(=O)Nc1ccc(-c2cc3ccccc3o2)c(C(N)=O)c1)c1ccccc1. The molecule has 3 N–H and O–H groups in total. The number of nitrogens with one attached hydrogen (secondary N) is 1. The molecule has 1 aromatic heterocycles. The fourth-order valence-electron chi connectivity index (χ4n) is 3.64. The number of nitrogens with two attached hydrogens (primary N) is 1. The van der Waals surface area contributed by atoms with Crippen LogP contribution in [-0.2, 0) is 4.79 Å². The van der Waals surface area contributed by atoms with Gasteiger partial charge in [-0.2, -0.15) is 0 Å². The Hall–Kier alpha value is -3.86. The third kappa shape index (κ3) is 3.82. The van der Waals surface area contributed by atoms with Crippen LogP contribution in [0.4, 0.5) is 5.69 Å². The molecule has 4 rings (SSSR count). The maximum absolute atomic E-state index is 12.9. The van der Waals surface area contributed by atoms with Crippen LogP contribution in [0.5, 0.6) is 0 Å². The van der Waals surface area contributed by atoms with Crippen molar-refractivity contribution in [1.82, 2.24) is 0 Å². The van der Waals surface area contributed by atoms with E-state index in [0.717, 1.165) is 16.5 Å². The number of amides is 2. The molecule has 2 amide bonds. The minimum absolute atomic E-state index is 0.129. The molecule has 5 heteroatoms. The van der Waals surface area contributed by atoms with E-state index in [1.807, 2.05) is 67.6 Å². The third-order valence-corrected chi connectivity index (χ3v) is 5.17. The fraction of sp³-hybridized carbons (Fsp3) is 0.120. The van der Waals surface area contributed by atoms with Gasteiger partial charge in [0.05, 0.1) is 11.5 Å². The van der Waals surface area contributed by atoms with E-state index in [9.17, 15) is 9.59 Å². The predicted molar refractivity (Wildman–Crippen MR) is 118 cm³/mol. The van der Waals surface area contributed by atoms with Gasteiger partial charge in [-0.05, 0) is 42.3 Å². The molecule has 150 valence electrons. The van der Waals surface area contributed by atoms with Crippen molar-refractivity contribution in [1.29, 1.82) is 0 Å². The number of fused-ring (bicyclic) bond motifs is 1. The van der Waals surface area contributed by atoms with E-state index in [0.29, 0.717) is 29.0 Å². The topological polar surface area (TPSA) is 85.3 Å². The number of hydrogen-bond donors (Lipinski definition) is 2.